The van der Waals surface area contributed by atoms with Crippen molar-refractivity contribution in [2.45, 2.75) is 6.10 Å². The third-order valence-electron chi connectivity index (χ3n) is 0.775. The molecule has 70 valence electrons. The molecule has 1 unspecified atom stereocenters. The van der Waals surface area contributed by atoms with Gasteiger partial charge in [0.15, 0.2) is 0 Å². The highest BCUT2D eigenvalue weighted by atomic mass is 31.2. The Labute approximate surface area is 67.1 Å². The van der Waals surface area contributed by atoms with Crippen molar-refractivity contribution in [1.82, 2.24) is 0 Å². The van der Waals surface area contributed by atoms with Crippen LogP contribution in [0.5, 0.6) is 0 Å². The van der Waals surface area contributed by atoms with Crippen LogP contribution in [0.15, 0.2) is 12.3 Å². The van der Waals surface area contributed by atoms with Crippen molar-refractivity contribution in [3.63, 3.8) is 0 Å². The molecule has 0 heterocycles. The van der Waals surface area contributed by atoms with E-state index in [0.717, 1.165) is 0 Å². The van der Waals surface area contributed by atoms with Gasteiger partial charge in [-0.3, -0.25) is 9.79 Å². The van der Waals surface area contributed by atoms with E-state index in [1.165, 1.54) is 0 Å². The molecule has 0 saturated carbocycles. The molecule has 0 radical (unpaired) electrons. The Kier molecular flexibility index (Phi) is 3.41. The van der Waals surface area contributed by atoms with Crippen LogP contribution in [0.4, 0.5) is 0 Å². The summed E-state index contributed by atoms with van der Waals surface area (Å²) in [6, 6.07) is 0. The molecule has 0 aliphatic carbocycles. The van der Waals surface area contributed by atoms with Gasteiger partial charge in [0.05, 0.1) is 0 Å². The third-order valence-corrected chi connectivity index (χ3v) is 1.25. The van der Waals surface area contributed by atoms with Crippen molar-refractivity contribution < 1.29 is 33.9 Å². The van der Waals surface area contributed by atoms with Crippen molar-refractivity contribution in [1.29, 1.82) is 0 Å². The summed E-state index contributed by atoms with van der Waals surface area (Å²) >= 11 is 0. The van der Waals surface area contributed by atoms with Crippen molar-refractivity contribution in [3.05, 3.63) is 12.3 Å². The van der Waals surface area contributed by atoms with Crippen LogP contribution in [-0.4, -0.2) is 32.1 Å². The van der Waals surface area contributed by atoms with Crippen molar-refractivity contribution >= 4 is 13.8 Å². The lowest BCUT2D eigenvalue weighted by atomic mass is 10.3. The van der Waals surface area contributed by atoms with Gasteiger partial charge in [0, 0.05) is 0 Å². The first-order chi connectivity index (χ1) is 5.24. The SMILES string of the molecule is C=C(OP(=O)(O)O)C(O)C(=O)O. The number of carbonyl (C=O) groups is 1. The maximum Gasteiger partial charge on any atom is 0.524 e. The van der Waals surface area contributed by atoms with Crippen LogP contribution in [0.3, 0.4) is 0 Å². The van der Waals surface area contributed by atoms with Gasteiger partial charge in [-0.05, 0) is 0 Å². The van der Waals surface area contributed by atoms with Crippen molar-refractivity contribution in [3.8, 4) is 0 Å². The smallest absolute Gasteiger partial charge is 0.479 e. The number of phosphoric acid groups is 1. The molecule has 0 aliphatic heterocycles. The molecular formula is C4H7O7P. The number of carboxylic acid groups (broad SMARTS) is 1. The summed E-state index contributed by atoms with van der Waals surface area (Å²) in [5, 5.41) is 16.7. The number of aliphatic hydroxyl groups is 1. The van der Waals surface area contributed by atoms with Gasteiger partial charge in [-0.2, -0.15) is 0 Å². The maximum absolute atomic E-state index is 10.1. The quantitative estimate of drug-likeness (QED) is 0.339. The first-order valence-electron chi connectivity index (χ1n) is 2.59. The summed E-state index contributed by atoms with van der Waals surface area (Å²) in [5.74, 6) is -2.61. The number of aliphatic carboxylic acids is 1. The molecule has 8 heteroatoms. The van der Waals surface area contributed by atoms with E-state index in [-0.39, 0.29) is 0 Å². The predicted molar refractivity (Wildman–Crippen MR) is 35.9 cm³/mol. The molecule has 0 rings (SSSR count). The highest BCUT2D eigenvalue weighted by Gasteiger charge is 2.25. The van der Waals surface area contributed by atoms with Crippen LogP contribution in [-0.2, 0) is 13.9 Å². The Bertz CT molecular complexity index is 240. The van der Waals surface area contributed by atoms with Gasteiger partial charge in [-0.25, -0.2) is 9.36 Å². The van der Waals surface area contributed by atoms with E-state index in [9.17, 15) is 9.36 Å². The molecule has 0 saturated heterocycles. The van der Waals surface area contributed by atoms with E-state index in [4.69, 9.17) is 20.0 Å². The zero-order valence-electron chi connectivity index (χ0n) is 5.75. The fraction of sp³-hybridized carbons (Fsp3) is 0.250. The van der Waals surface area contributed by atoms with Gasteiger partial charge in [0.2, 0.25) is 6.10 Å². The predicted octanol–water partition coefficient (Wildman–Crippen LogP) is -0.945. The Balaban J connectivity index is 4.24. The Hall–Kier alpha value is -0.880. The van der Waals surface area contributed by atoms with E-state index >= 15 is 0 Å². The van der Waals surface area contributed by atoms with Crippen LogP contribution >= 0.6 is 7.82 Å². The largest absolute Gasteiger partial charge is 0.524 e. The standard InChI is InChI=1S/C4H7O7P/c1-2(3(5)4(6)7)11-12(8,9)10/h3,5H,1H2,(H,6,7)(H2,8,9,10). The molecule has 0 fully saturated rings. The molecule has 7 nitrogen and oxygen atoms in total. The average Bonchev–Trinajstić information content (AvgIpc) is 1.82. The Morgan fingerprint density at radius 3 is 2.17 bits per heavy atom. The van der Waals surface area contributed by atoms with Crippen molar-refractivity contribution in [2.24, 2.45) is 0 Å². The third kappa shape index (κ3) is 4.09. The van der Waals surface area contributed by atoms with E-state index in [0.29, 0.717) is 0 Å². The first-order valence-corrected chi connectivity index (χ1v) is 4.12. The number of hydrogen-bond donors (Lipinski definition) is 4. The zero-order chi connectivity index (χ0) is 9.94. The summed E-state index contributed by atoms with van der Waals surface area (Å²) in [4.78, 5) is 26.3. The van der Waals surface area contributed by atoms with Crippen molar-refractivity contribution in [2.75, 3.05) is 0 Å². The van der Waals surface area contributed by atoms with Gasteiger partial charge in [0.25, 0.3) is 0 Å². The fourth-order valence-corrected chi connectivity index (χ4v) is 0.746. The molecule has 0 aromatic rings. The van der Waals surface area contributed by atoms with E-state index in [1.807, 2.05) is 0 Å². The number of carboxylic acids is 1. The molecule has 0 spiro atoms. The highest BCUT2D eigenvalue weighted by Crippen LogP contribution is 2.39. The minimum absolute atomic E-state index is 0.907. The average molecular weight is 198 g/mol. The summed E-state index contributed by atoms with van der Waals surface area (Å²) in [6.45, 7) is 2.82. The number of aliphatic hydroxyl groups excluding tert-OH is 1. The maximum atomic E-state index is 10.1. The Morgan fingerprint density at radius 2 is 1.92 bits per heavy atom. The van der Waals surface area contributed by atoms with Crippen LogP contribution in [0.1, 0.15) is 0 Å². The van der Waals surface area contributed by atoms with Crippen LogP contribution in [0, 0.1) is 0 Å². The second-order valence-corrected chi connectivity index (χ2v) is 2.95. The number of rotatable bonds is 4. The molecule has 12 heavy (non-hydrogen) atoms. The van der Waals surface area contributed by atoms with Crippen LogP contribution < -0.4 is 0 Å². The highest BCUT2D eigenvalue weighted by molar-refractivity contribution is 7.46. The topological polar surface area (TPSA) is 124 Å². The molecule has 1 atom stereocenters. The van der Waals surface area contributed by atoms with Gasteiger partial charge in [0.1, 0.15) is 5.76 Å². The zero-order valence-corrected chi connectivity index (χ0v) is 6.64. The lowest BCUT2D eigenvalue weighted by Crippen LogP contribution is -2.22. The molecular weight excluding hydrogens is 191 g/mol. The first kappa shape index (κ1) is 11.1. The molecule has 4 N–H and O–H groups in total. The van der Waals surface area contributed by atoms with E-state index < -0.39 is 25.7 Å². The summed E-state index contributed by atoms with van der Waals surface area (Å²) in [7, 11) is -4.84. The second-order valence-electron chi connectivity index (χ2n) is 1.79. The summed E-state index contributed by atoms with van der Waals surface area (Å²) in [5.41, 5.74) is 0. The Morgan fingerprint density at radius 1 is 1.50 bits per heavy atom. The molecule has 0 aromatic carbocycles. The molecule has 0 amide bonds. The lowest BCUT2D eigenvalue weighted by Gasteiger charge is -2.11. The lowest BCUT2D eigenvalue weighted by molar-refractivity contribution is -0.145. The minimum atomic E-state index is -4.84. The molecule has 0 aliphatic rings. The summed E-state index contributed by atoms with van der Waals surface area (Å²) < 4.78 is 13.8. The van der Waals surface area contributed by atoms with Crippen LogP contribution in [0.2, 0.25) is 0 Å². The van der Waals surface area contributed by atoms with E-state index in [1.54, 1.807) is 0 Å². The second kappa shape index (κ2) is 3.68. The van der Waals surface area contributed by atoms with Crippen LogP contribution in [0.25, 0.3) is 0 Å². The van der Waals surface area contributed by atoms with Gasteiger partial charge in [-0.1, -0.05) is 6.58 Å². The number of hydrogen-bond acceptors (Lipinski definition) is 4. The molecule has 0 bridgehead atoms. The number of phosphoric ester groups is 1. The summed E-state index contributed by atoms with van der Waals surface area (Å²) in [6.07, 6.45) is -2.14. The van der Waals surface area contributed by atoms with E-state index in [2.05, 4.69) is 11.1 Å². The normalized spacial score (nSPS) is 13.6. The fourth-order valence-electron chi connectivity index (χ4n) is 0.340. The monoisotopic (exact) mass is 198 g/mol. The molecule has 0 aromatic heterocycles. The minimum Gasteiger partial charge on any atom is -0.479 e. The van der Waals surface area contributed by atoms with Gasteiger partial charge >= 0.3 is 13.8 Å². The van der Waals surface area contributed by atoms with Gasteiger partial charge < -0.3 is 14.7 Å². The van der Waals surface area contributed by atoms with Gasteiger partial charge in [-0.15, -0.1) is 0 Å².